The minimum atomic E-state index is -1.63. The van der Waals surface area contributed by atoms with E-state index in [1.165, 1.54) is 31.7 Å². The number of hydrogen-bond donors (Lipinski definition) is 1. The van der Waals surface area contributed by atoms with Crippen molar-refractivity contribution in [2.24, 2.45) is 0 Å². The van der Waals surface area contributed by atoms with Crippen LogP contribution in [0.1, 0.15) is 57.1 Å². The fourth-order valence-electron chi connectivity index (χ4n) is 2.16. The molecule has 2 atom stereocenters. The van der Waals surface area contributed by atoms with Crippen LogP contribution in [-0.2, 0) is 0 Å². The van der Waals surface area contributed by atoms with Crippen molar-refractivity contribution in [1.82, 2.24) is 0 Å². The predicted octanol–water partition coefficient (Wildman–Crippen LogP) is 3.50. The lowest BCUT2D eigenvalue weighted by Crippen LogP contribution is -2.32. The van der Waals surface area contributed by atoms with Gasteiger partial charge in [-0.2, -0.15) is 0 Å². The number of unbranched alkanes of at least 4 members (excludes halogenated alkanes) is 1. The maximum Gasteiger partial charge on any atom is 0.172 e. The van der Waals surface area contributed by atoms with E-state index in [0.717, 1.165) is 5.56 Å². The van der Waals surface area contributed by atoms with Crippen molar-refractivity contribution in [3.05, 3.63) is 29.3 Å². The zero-order valence-corrected chi connectivity index (χ0v) is 11.9. The summed E-state index contributed by atoms with van der Waals surface area (Å²) < 4.78 is 5.36. The van der Waals surface area contributed by atoms with Crippen molar-refractivity contribution in [1.29, 1.82) is 0 Å². The summed E-state index contributed by atoms with van der Waals surface area (Å²) in [6.45, 7) is 7.87. The minimum Gasteiger partial charge on any atom is -0.472 e. The highest BCUT2D eigenvalue weighted by Crippen LogP contribution is 2.31. The maximum atomic E-state index is 9.52. The first-order valence-electron chi connectivity index (χ1n) is 6.65. The third kappa shape index (κ3) is 4.38. The number of aliphatic hydroxyl groups is 1. The standard InChI is InChI=1S/C15H23BO2/c1-5-6-8-11(2)13-9-7-10-14(12(13)3)18-15(4,16)17/h7,9-11,17H,5-6,8H2,1-4H3/t11-,15?/m0/s1. The summed E-state index contributed by atoms with van der Waals surface area (Å²) >= 11 is 0. The second-order valence-electron chi connectivity index (χ2n) is 5.17. The third-order valence-electron chi connectivity index (χ3n) is 3.16. The molecule has 0 fully saturated rings. The number of hydrogen-bond acceptors (Lipinski definition) is 2. The predicted molar refractivity (Wildman–Crippen MR) is 76.1 cm³/mol. The van der Waals surface area contributed by atoms with Crippen molar-refractivity contribution in [2.75, 3.05) is 0 Å². The molecule has 0 bridgehead atoms. The molecule has 1 unspecified atom stereocenters. The van der Waals surface area contributed by atoms with Crippen LogP contribution in [-0.4, -0.2) is 18.6 Å². The fourth-order valence-corrected chi connectivity index (χ4v) is 2.16. The van der Waals surface area contributed by atoms with E-state index in [-0.39, 0.29) is 0 Å². The van der Waals surface area contributed by atoms with Crippen molar-refractivity contribution in [3.63, 3.8) is 0 Å². The summed E-state index contributed by atoms with van der Waals surface area (Å²) in [5.74, 6) is 1.15. The first-order chi connectivity index (χ1) is 8.35. The Hall–Kier alpha value is -0.955. The quantitative estimate of drug-likeness (QED) is 0.614. The first kappa shape index (κ1) is 15.1. The molecule has 1 aromatic rings. The molecule has 2 radical (unpaired) electrons. The summed E-state index contributed by atoms with van der Waals surface area (Å²) in [5.41, 5.74) is 0.702. The van der Waals surface area contributed by atoms with Crippen LogP contribution in [0.5, 0.6) is 5.75 Å². The smallest absolute Gasteiger partial charge is 0.172 e. The molecule has 0 amide bonds. The van der Waals surface area contributed by atoms with E-state index in [1.54, 1.807) is 0 Å². The summed E-state index contributed by atoms with van der Waals surface area (Å²) in [6, 6.07) is 5.91. The molecule has 0 saturated carbocycles. The van der Waals surface area contributed by atoms with Crippen molar-refractivity contribution >= 4 is 7.85 Å². The fraction of sp³-hybridized carbons (Fsp3) is 0.600. The largest absolute Gasteiger partial charge is 0.472 e. The summed E-state index contributed by atoms with van der Waals surface area (Å²) in [5, 5.41) is 9.52. The molecule has 0 aliphatic rings. The number of rotatable bonds is 6. The molecule has 0 aliphatic carbocycles. The van der Waals surface area contributed by atoms with Gasteiger partial charge in [-0.15, -0.1) is 0 Å². The summed E-state index contributed by atoms with van der Waals surface area (Å²) in [4.78, 5) is 0. The molecule has 1 N–H and O–H groups in total. The Bertz CT molecular complexity index is 383. The van der Waals surface area contributed by atoms with Crippen molar-refractivity contribution < 1.29 is 9.84 Å². The van der Waals surface area contributed by atoms with Crippen LogP contribution >= 0.6 is 0 Å². The Morgan fingerprint density at radius 3 is 2.67 bits per heavy atom. The topological polar surface area (TPSA) is 29.5 Å². The van der Waals surface area contributed by atoms with Crippen LogP contribution in [0, 0.1) is 6.92 Å². The highest BCUT2D eigenvalue weighted by Gasteiger charge is 2.17. The lowest BCUT2D eigenvalue weighted by Gasteiger charge is -2.24. The van der Waals surface area contributed by atoms with Gasteiger partial charge in [-0.3, -0.25) is 0 Å². The van der Waals surface area contributed by atoms with Gasteiger partial charge in [-0.1, -0.05) is 38.8 Å². The van der Waals surface area contributed by atoms with Crippen LogP contribution in [0.2, 0.25) is 0 Å². The SMILES string of the molecule is [B]C(C)(O)Oc1cccc([C@@H](C)CCCC)c1C. The highest BCUT2D eigenvalue weighted by atomic mass is 16.6. The van der Waals surface area contributed by atoms with Crippen LogP contribution in [0.3, 0.4) is 0 Å². The van der Waals surface area contributed by atoms with Gasteiger partial charge in [0.1, 0.15) is 5.75 Å². The van der Waals surface area contributed by atoms with Gasteiger partial charge in [0.2, 0.25) is 0 Å². The number of benzene rings is 1. The summed E-state index contributed by atoms with van der Waals surface area (Å²) in [7, 11) is 5.48. The second-order valence-corrected chi connectivity index (χ2v) is 5.17. The highest BCUT2D eigenvalue weighted by molar-refractivity contribution is 6.13. The molecular formula is C15H23BO2. The molecule has 98 valence electrons. The molecular weight excluding hydrogens is 223 g/mol. The van der Waals surface area contributed by atoms with Crippen molar-refractivity contribution in [3.8, 4) is 5.75 Å². The Labute approximate surface area is 112 Å². The van der Waals surface area contributed by atoms with Gasteiger partial charge in [0.15, 0.2) is 13.5 Å². The summed E-state index contributed by atoms with van der Waals surface area (Å²) in [6.07, 6.45) is 3.59. The number of ether oxygens (including phenoxy) is 1. The Morgan fingerprint density at radius 2 is 2.11 bits per heavy atom. The Kier molecular flexibility index (Phi) is 5.27. The van der Waals surface area contributed by atoms with Gasteiger partial charge in [0.25, 0.3) is 0 Å². The Balaban J connectivity index is 2.91. The van der Waals surface area contributed by atoms with Crippen LogP contribution < -0.4 is 4.74 Å². The van der Waals surface area contributed by atoms with E-state index in [2.05, 4.69) is 19.9 Å². The van der Waals surface area contributed by atoms with E-state index in [4.69, 9.17) is 12.6 Å². The molecule has 1 rings (SSSR count). The van der Waals surface area contributed by atoms with Crippen LogP contribution in [0.4, 0.5) is 0 Å². The lowest BCUT2D eigenvalue weighted by atomic mass is 9.91. The molecule has 18 heavy (non-hydrogen) atoms. The van der Waals surface area contributed by atoms with E-state index in [9.17, 15) is 5.11 Å². The normalized spacial score (nSPS) is 16.1. The van der Waals surface area contributed by atoms with Gasteiger partial charge in [-0.05, 0) is 43.4 Å². The monoisotopic (exact) mass is 246 g/mol. The van der Waals surface area contributed by atoms with E-state index < -0.39 is 5.69 Å². The molecule has 0 spiro atoms. The molecule has 0 aliphatic heterocycles. The van der Waals surface area contributed by atoms with Gasteiger partial charge in [0, 0.05) is 0 Å². The van der Waals surface area contributed by atoms with Gasteiger partial charge >= 0.3 is 0 Å². The molecule has 0 aromatic heterocycles. The molecule has 1 aromatic carbocycles. The minimum absolute atomic E-state index is 0.497. The van der Waals surface area contributed by atoms with Gasteiger partial charge in [-0.25, -0.2) is 0 Å². The Morgan fingerprint density at radius 1 is 1.44 bits per heavy atom. The van der Waals surface area contributed by atoms with E-state index in [0.29, 0.717) is 11.7 Å². The molecule has 0 saturated heterocycles. The average Bonchev–Trinajstić information content (AvgIpc) is 2.27. The average molecular weight is 246 g/mol. The van der Waals surface area contributed by atoms with Gasteiger partial charge < -0.3 is 9.84 Å². The zero-order chi connectivity index (χ0) is 13.8. The molecule has 0 heterocycles. The third-order valence-corrected chi connectivity index (χ3v) is 3.16. The molecule has 2 nitrogen and oxygen atoms in total. The van der Waals surface area contributed by atoms with Crippen LogP contribution in [0.25, 0.3) is 0 Å². The van der Waals surface area contributed by atoms with Gasteiger partial charge in [0.05, 0.1) is 0 Å². The molecule has 3 heteroatoms. The second kappa shape index (κ2) is 6.28. The van der Waals surface area contributed by atoms with E-state index >= 15 is 0 Å². The maximum absolute atomic E-state index is 9.52. The first-order valence-corrected chi connectivity index (χ1v) is 6.65. The van der Waals surface area contributed by atoms with Crippen LogP contribution in [0.15, 0.2) is 18.2 Å². The lowest BCUT2D eigenvalue weighted by molar-refractivity contribution is -0.0453. The zero-order valence-electron chi connectivity index (χ0n) is 11.9. The van der Waals surface area contributed by atoms with E-state index in [1.807, 2.05) is 19.1 Å². The van der Waals surface area contributed by atoms with Crippen molar-refractivity contribution in [2.45, 2.75) is 58.6 Å².